The normalized spacial score (nSPS) is 14.8. The van der Waals surface area contributed by atoms with Crippen LogP contribution in [-0.4, -0.2) is 75.2 Å². The molecule has 0 bridgehead atoms. The average molecular weight is 744 g/mol. The second-order valence-corrected chi connectivity index (χ2v) is 14.3. The summed E-state index contributed by atoms with van der Waals surface area (Å²) in [5, 5.41) is 0.463. The zero-order chi connectivity index (χ0) is 35.6. The maximum atomic E-state index is 13.7. The van der Waals surface area contributed by atoms with Crippen LogP contribution in [0.2, 0.25) is 10.0 Å². The fourth-order valence-electron chi connectivity index (χ4n) is 6.11. The highest BCUT2D eigenvalue weighted by molar-refractivity contribution is 7.99. The van der Waals surface area contributed by atoms with Crippen LogP contribution in [0.3, 0.4) is 0 Å². The minimum atomic E-state index is -0.402. The van der Waals surface area contributed by atoms with Gasteiger partial charge in [-0.05, 0) is 42.2 Å². The van der Waals surface area contributed by atoms with Gasteiger partial charge in [0.25, 0.3) is 5.91 Å². The van der Waals surface area contributed by atoms with E-state index < -0.39 is 5.97 Å². The average Bonchev–Trinajstić information content (AvgIpc) is 3.14. The van der Waals surface area contributed by atoms with Gasteiger partial charge in [-0.1, -0.05) is 80.6 Å². The van der Waals surface area contributed by atoms with Gasteiger partial charge in [0, 0.05) is 34.9 Å². The number of carbonyl (C=O) groups is 3. The van der Waals surface area contributed by atoms with Gasteiger partial charge >= 0.3 is 11.9 Å². The van der Waals surface area contributed by atoms with E-state index in [1.54, 1.807) is 23.1 Å². The Morgan fingerprint density at radius 2 is 1.78 bits per heavy atom. The van der Waals surface area contributed by atoms with Crippen LogP contribution in [0.15, 0.2) is 53.4 Å². The molecule has 5 rings (SSSR count). The van der Waals surface area contributed by atoms with Gasteiger partial charge in [-0.25, -0.2) is 4.79 Å². The van der Waals surface area contributed by atoms with Crippen molar-refractivity contribution >= 4 is 58.5 Å². The van der Waals surface area contributed by atoms with E-state index in [0.29, 0.717) is 62.4 Å². The van der Waals surface area contributed by atoms with Crippen LogP contribution in [0.25, 0.3) is 11.1 Å². The molecule has 2 aliphatic heterocycles. The van der Waals surface area contributed by atoms with E-state index in [9.17, 15) is 14.4 Å². The summed E-state index contributed by atoms with van der Waals surface area (Å²) in [6, 6.07) is 14.9. The molecule has 0 spiro atoms. The highest BCUT2D eigenvalue weighted by Crippen LogP contribution is 2.40. The lowest BCUT2D eigenvalue weighted by atomic mass is 9.97. The molecule has 1 atom stereocenters. The zero-order valence-corrected chi connectivity index (χ0v) is 31.1. The van der Waals surface area contributed by atoms with E-state index in [-0.39, 0.29) is 40.6 Å². The molecule has 12 heteroatoms. The van der Waals surface area contributed by atoms with Gasteiger partial charge in [-0.15, -0.1) is 11.8 Å². The number of nitrogens with zero attached hydrogens (tertiary/aromatic N) is 2. The number of benzene rings is 3. The first kappa shape index (κ1) is 37.8. The molecule has 1 saturated heterocycles. The molecule has 1 amide bonds. The number of carbonyl (C=O) groups excluding carboxylic acids is 3. The quantitative estimate of drug-likeness (QED) is 0.119. The van der Waals surface area contributed by atoms with Crippen molar-refractivity contribution in [2.75, 3.05) is 57.4 Å². The molecule has 3 aromatic rings. The molecular weight excluding hydrogens is 699 g/mol. The highest BCUT2D eigenvalue weighted by atomic mass is 35.5. The van der Waals surface area contributed by atoms with Gasteiger partial charge in [-0.3, -0.25) is 9.59 Å². The predicted molar refractivity (Wildman–Crippen MR) is 198 cm³/mol. The van der Waals surface area contributed by atoms with E-state index in [0.717, 1.165) is 53.0 Å². The number of rotatable bonds is 14. The van der Waals surface area contributed by atoms with Crippen LogP contribution >= 0.6 is 35.0 Å². The first-order valence-corrected chi connectivity index (χ1v) is 18.8. The Kier molecular flexibility index (Phi) is 13.7. The van der Waals surface area contributed by atoms with Crippen molar-refractivity contribution in [1.29, 1.82) is 0 Å². The fraction of sp³-hybridized carbons (Fsp3) is 0.447. The summed E-state index contributed by atoms with van der Waals surface area (Å²) in [5.74, 6) is 0.603. The van der Waals surface area contributed by atoms with Crippen molar-refractivity contribution in [2.24, 2.45) is 5.92 Å². The van der Waals surface area contributed by atoms with Crippen molar-refractivity contribution in [3.63, 3.8) is 0 Å². The van der Waals surface area contributed by atoms with Gasteiger partial charge in [0.1, 0.15) is 5.75 Å². The lowest BCUT2D eigenvalue weighted by molar-refractivity contribution is -0.144. The van der Waals surface area contributed by atoms with Crippen molar-refractivity contribution in [1.82, 2.24) is 4.90 Å². The molecule has 9 nitrogen and oxygen atoms in total. The third-order valence-electron chi connectivity index (χ3n) is 9.00. The summed E-state index contributed by atoms with van der Waals surface area (Å²) in [4.78, 5) is 43.1. The molecule has 0 saturated carbocycles. The minimum absolute atomic E-state index is 0.00200. The molecule has 0 aromatic heterocycles. The van der Waals surface area contributed by atoms with Crippen LogP contribution < -0.4 is 9.64 Å². The molecule has 268 valence electrons. The summed E-state index contributed by atoms with van der Waals surface area (Å²) < 4.78 is 22.3. The van der Waals surface area contributed by atoms with Crippen molar-refractivity contribution in [3.8, 4) is 16.9 Å². The molecule has 0 radical (unpaired) electrons. The van der Waals surface area contributed by atoms with E-state index in [2.05, 4.69) is 18.7 Å². The topological polar surface area (TPSA) is 94.6 Å². The minimum Gasteiger partial charge on any atom is -0.472 e. The number of esters is 2. The predicted octanol–water partition coefficient (Wildman–Crippen LogP) is 8.52. The van der Waals surface area contributed by atoms with Gasteiger partial charge in [-0.2, -0.15) is 0 Å². The van der Waals surface area contributed by atoms with Crippen LogP contribution in [0.5, 0.6) is 5.75 Å². The van der Waals surface area contributed by atoms with Crippen molar-refractivity contribution in [2.45, 2.75) is 57.4 Å². The second-order valence-electron chi connectivity index (χ2n) is 12.4. The standard InChI is InChI=1S/C38H44Cl2N2O7S/c1-4-6-8-25(5-2)23-48-34(43)13-18-50-28-20-31(39)35(32(40)21-28)37(44)42-22-27-9-7-10-29(36(27)49-24-42)26-11-12-30(38(45)46-3)33(19-26)41-14-16-47-17-15-41/h7,9-12,19-21,25H,4-6,8,13-18,22-24H2,1-3H3. The van der Waals surface area contributed by atoms with E-state index in [1.165, 1.54) is 18.9 Å². The number of unbranched alkanes of at least 4 members (excludes halogenated alkanes) is 1. The third-order valence-corrected chi connectivity index (χ3v) is 10.6. The lowest BCUT2D eigenvalue weighted by Gasteiger charge is -2.32. The number of amides is 1. The third kappa shape index (κ3) is 9.26. The van der Waals surface area contributed by atoms with E-state index in [1.807, 2.05) is 30.3 Å². The Labute approximate surface area is 308 Å². The maximum absolute atomic E-state index is 13.7. The number of para-hydroxylation sites is 1. The highest BCUT2D eigenvalue weighted by Gasteiger charge is 2.29. The molecule has 3 aromatic carbocycles. The number of methoxy groups -OCH3 is 1. The van der Waals surface area contributed by atoms with Crippen LogP contribution in [-0.2, 0) is 25.5 Å². The molecule has 0 N–H and O–H groups in total. The number of thioether (sulfide) groups is 1. The molecule has 1 unspecified atom stereocenters. The fourth-order valence-corrected chi connectivity index (χ4v) is 7.79. The Morgan fingerprint density at radius 1 is 1.02 bits per heavy atom. The largest absolute Gasteiger partial charge is 0.472 e. The Morgan fingerprint density at radius 3 is 2.48 bits per heavy atom. The number of morpholine rings is 1. The molecule has 2 heterocycles. The number of hydrogen-bond donors (Lipinski definition) is 0. The van der Waals surface area contributed by atoms with Crippen molar-refractivity contribution in [3.05, 3.63) is 75.3 Å². The number of anilines is 1. The number of fused-ring (bicyclic) bond motifs is 1. The summed E-state index contributed by atoms with van der Waals surface area (Å²) in [7, 11) is 1.38. The van der Waals surface area contributed by atoms with E-state index >= 15 is 0 Å². The summed E-state index contributed by atoms with van der Waals surface area (Å²) in [5.41, 5.74) is 4.01. The van der Waals surface area contributed by atoms with Gasteiger partial charge in [0.2, 0.25) is 0 Å². The molecule has 1 fully saturated rings. The Bertz CT molecular complexity index is 1660. The summed E-state index contributed by atoms with van der Waals surface area (Å²) in [6.45, 7) is 7.50. The first-order valence-electron chi connectivity index (χ1n) is 17.1. The van der Waals surface area contributed by atoms with Crippen LogP contribution in [0, 0.1) is 5.92 Å². The van der Waals surface area contributed by atoms with E-state index in [4.69, 9.17) is 42.1 Å². The molecule has 2 aliphatic rings. The van der Waals surface area contributed by atoms with Gasteiger partial charge in [0.15, 0.2) is 6.73 Å². The van der Waals surface area contributed by atoms with Crippen LogP contribution in [0.1, 0.15) is 72.2 Å². The van der Waals surface area contributed by atoms with Gasteiger partial charge in [0.05, 0.1) is 66.8 Å². The van der Waals surface area contributed by atoms with Crippen molar-refractivity contribution < 1.29 is 33.3 Å². The van der Waals surface area contributed by atoms with Crippen LogP contribution in [0.4, 0.5) is 5.69 Å². The molecular formula is C38H44Cl2N2O7S. The van der Waals surface area contributed by atoms with Gasteiger partial charge < -0.3 is 28.7 Å². The summed E-state index contributed by atoms with van der Waals surface area (Å²) >= 11 is 14.7. The summed E-state index contributed by atoms with van der Waals surface area (Å²) in [6.07, 6.45) is 4.59. The molecule has 0 aliphatic carbocycles. The monoisotopic (exact) mass is 742 g/mol. The SMILES string of the molecule is CCCCC(CC)COC(=O)CCSc1cc(Cl)c(C(=O)N2COc3c(cccc3-c3ccc(C(=O)OC)c(N4CCOCC4)c3)C2)c(Cl)c1. The zero-order valence-electron chi connectivity index (χ0n) is 28.8. The first-order chi connectivity index (χ1) is 24.2. The smallest absolute Gasteiger partial charge is 0.339 e. The number of hydrogen-bond acceptors (Lipinski definition) is 9. The maximum Gasteiger partial charge on any atom is 0.339 e. The number of ether oxygens (including phenoxy) is 4. The lowest BCUT2D eigenvalue weighted by Crippen LogP contribution is -2.37. The Balaban J connectivity index is 1.24. The number of halogens is 2. The molecule has 50 heavy (non-hydrogen) atoms. The Hall–Kier alpha value is -3.44. The second kappa shape index (κ2) is 18.2.